The Bertz CT molecular complexity index is 787. The van der Waals surface area contributed by atoms with Crippen molar-refractivity contribution in [2.75, 3.05) is 7.05 Å². The zero-order valence-electron chi connectivity index (χ0n) is 11.5. The van der Waals surface area contributed by atoms with Gasteiger partial charge >= 0.3 is 0 Å². The number of fused-ring (bicyclic) bond motifs is 1. The predicted octanol–water partition coefficient (Wildman–Crippen LogP) is 4.85. The minimum atomic E-state index is -0.0254. The molecule has 1 unspecified atom stereocenters. The summed E-state index contributed by atoms with van der Waals surface area (Å²) < 4.78 is 0. The van der Waals surface area contributed by atoms with Gasteiger partial charge in [-0.15, -0.1) is 0 Å². The van der Waals surface area contributed by atoms with Crippen LogP contribution in [-0.2, 0) is 0 Å². The molecular formula is C17H14Cl2N2. The second kappa shape index (κ2) is 6.02. The molecule has 2 nitrogen and oxygen atoms in total. The number of nitrogens with one attached hydrogen (secondary N) is 1. The summed E-state index contributed by atoms with van der Waals surface area (Å²) in [5.41, 5.74) is 3.03. The molecule has 1 heterocycles. The molecule has 21 heavy (non-hydrogen) atoms. The molecule has 0 bridgehead atoms. The lowest BCUT2D eigenvalue weighted by atomic mass is 9.97. The highest BCUT2D eigenvalue weighted by molar-refractivity contribution is 6.33. The van der Waals surface area contributed by atoms with E-state index in [9.17, 15) is 0 Å². The molecule has 0 amide bonds. The van der Waals surface area contributed by atoms with Gasteiger partial charge in [0.25, 0.3) is 0 Å². The van der Waals surface area contributed by atoms with Gasteiger partial charge in [-0.25, -0.2) is 0 Å². The molecule has 0 aliphatic carbocycles. The van der Waals surface area contributed by atoms with Crippen LogP contribution in [0.25, 0.3) is 10.9 Å². The van der Waals surface area contributed by atoms with Gasteiger partial charge in [0.05, 0.1) is 11.6 Å². The number of hydrogen-bond donors (Lipinski definition) is 1. The molecule has 0 spiro atoms. The summed E-state index contributed by atoms with van der Waals surface area (Å²) >= 11 is 12.4. The third-order valence-corrected chi connectivity index (χ3v) is 4.10. The molecule has 4 heteroatoms. The molecule has 0 aliphatic rings. The first kappa shape index (κ1) is 14.3. The normalized spacial score (nSPS) is 12.5. The highest BCUT2D eigenvalue weighted by Gasteiger charge is 2.16. The summed E-state index contributed by atoms with van der Waals surface area (Å²) in [5, 5.41) is 5.78. The van der Waals surface area contributed by atoms with Crippen molar-refractivity contribution in [3.05, 3.63) is 75.9 Å². The molecule has 3 aromatic rings. The zero-order chi connectivity index (χ0) is 14.8. The van der Waals surface area contributed by atoms with Gasteiger partial charge in [0.15, 0.2) is 0 Å². The Labute approximate surface area is 133 Å². The van der Waals surface area contributed by atoms with E-state index in [1.165, 1.54) is 0 Å². The zero-order valence-corrected chi connectivity index (χ0v) is 13.0. The van der Waals surface area contributed by atoms with Gasteiger partial charge in [-0.05, 0) is 48.5 Å². The van der Waals surface area contributed by atoms with Gasteiger partial charge in [-0.1, -0.05) is 41.4 Å². The lowest BCUT2D eigenvalue weighted by Crippen LogP contribution is -2.18. The van der Waals surface area contributed by atoms with E-state index in [-0.39, 0.29) is 6.04 Å². The second-order valence-corrected chi connectivity index (χ2v) is 5.69. The number of halogens is 2. The second-order valence-electron chi connectivity index (χ2n) is 4.84. The minimum Gasteiger partial charge on any atom is -0.309 e. The molecular weight excluding hydrogens is 303 g/mol. The first-order valence-corrected chi connectivity index (χ1v) is 7.41. The van der Waals surface area contributed by atoms with Gasteiger partial charge in [0.1, 0.15) is 0 Å². The number of rotatable bonds is 3. The molecule has 0 aliphatic heterocycles. The summed E-state index contributed by atoms with van der Waals surface area (Å²) in [6.45, 7) is 0. The van der Waals surface area contributed by atoms with Crippen LogP contribution in [-0.4, -0.2) is 12.0 Å². The van der Waals surface area contributed by atoms with E-state index in [1.807, 2.05) is 31.3 Å². The summed E-state index contributed by atoms with van der Waals surface area (Å²) in [7, 11) is 1.91. The average molecular weight is 317 g/mol. The van der Waals surface area contributed by atoms with Crippen LogP contribution in [0.5, 0.6) is 0 Å². The van der Waals surface area contributed by atoms with Crippen LogP contribution in [0.4, 0.5) is 0 Å². The Morgan fingerprint density at radius 2 is 1.90 bits per heavy atom. The smallest absolute Gasteiger partial charge is 0.0705 e. The van der Waals surface area contributed by atoms with Gasteiger partial charge in [-0.3, -0.25) is 4.98 Å². The quantitative estimate of drug-likeness (QED) is 0.747. The fourth-order valence-electron chi connectivity index (χ4n) is 2.50. The van der Waals surface area contributed by atoms with Crippen LogP contribution in [0, 0.1) is 0 Å². The molecule has 0 radical (unpaired) electrons. The molecule has 106 valence electrons. The number of aromatic nitrogens is 1. The van der Waals surface area contributed by atoms with Crippen molar-refractivity contribution < 1.29 is 0 Å². The maximum atomic E-state index is 6.32. The van der Waals surface area contributed by atoms with Crippen molar-refractivity contribution in [1.82, 2.24) is 10.3 Å². The molecule has 2 aromatic carbocycles. The van der Waals surface area contributed by atoms with E-state index >= 15 is 0 Å². The Kier molecular flexibility index (Phi) is 4.11. The van der Waals surface area contributed by atoms with Crippen LogP contribution in [0.2, 0.25) is 10.0 Å². The molecule has 3 rings (SSSR count). The SMILES string of the molecule is CNC(c1ccc2cccnc2c1)c1cc(Cl)ccc1Cl. The van der Waals surface area contributed by atoms with Gasteiger partial charge in [0, 0.05) is 21.6 Å². The third kappa shape index (κ3) is 2.88. The van der Waals surface area contributed by atoms with Gasteiger partial charge < -0.3 is 5.32 Å². The molecule has 0 fully saturated rings. The summed E-state index contributed by atoms with van der Waals surface area (Å²) in [6.07, 6.45) is 1.80. The highest BCUT2D eigenvalue weighted by Crippen LogP contribution is 2.31. The Morgan fingerprint density at radius 3 is 2.71 bits per heavy atom. The average Bonchev–Trinajstić information content (AvgIpc) is 2.51. The monoisotopic (exact) mass is 316 g/mol. The number of nitrogens with zero attached hydrogens (tertiary/aromatic N) is 1. The predicted molar refractivity (Wildman–Crippen MR) is 89.1 cm³/mol. The first-order valence-electron chi connectivity index (χ1n) is 6.66. The lowest BCUT2D eigenvalue weighted by molar-refractivity contribution is 0.693. The fourth-order valence-corrected chi connectivity index (χ4v) is 2.91. The van der Waals surface area contributed by atoms with Crippen molar-refractivity contribution in [3.63, 3.8) is 0 Å². The van der Waals surface area contributed by atoms with E-state index in [4.69, 9.17) is 23.2 Å². The first-order chi connectivity index (χ1) is 10.2. The molecule has 1 N–H and O–H groups in total. The highest BCUT2D eigenvalue weighted by atomic mass is 35.5. The molecule has 1 aromatic heterocycles. The maximum absolute atomic E-state index is 6.32. The van der Waals surface area contributed by atoms with E-state index in [1.54, 1.807) is 12.3 Å². The lowest BCUT2D eigenvalue weighted by Gasteiger charge is -2.19. The maximum Gasteiger partial charge on any atom is 0.0705 e. The molecule has 0 saturated carbocycles. The minimum absolute atomic E-state index is 0.0254. The van der Waals surface area contributed by atoms with Gasteiger partial charge in [0.2, 0.25) is 0 Å². The van der Waals surface area contributed by atoms with Crippen molar-refractivity contribution in [3.8, 4) is 0 Å². The summed E-state index contributed by atoms with van der Waals surface area (Å²) in [4.78, 5) is 4.41. The van der Waals surface area contributed by atoms with Crippen LogP contribution in [0.1, 0.15) is 17.2 Å². The molecule has 0 saturated heterocycles. The number of benzene rings is 2. The van der Waals surface area contributed by atoms with Crippen LogP contribution in [0.3, 0.4) is 0 Å². The Morgan fingerprint density at radius 1 is 1.05 bits per heavy atom. The number of hydrogen-bond acceptors (Lipinski definition) is 2. The summed E-state index contributed by atoms with van der Waals surface area (Å²) in [5.74, 6) is 0. The van der Waals surface area contributed by atoms with E-state index in [2.05, 4.69) is 28.5 Å². The third-order valence-electron chi connectivity index (χ3n) is 3.52. The Hall–Kier alpha value is -1.61. The van der Waals surface area contributed by atoms with Crippen LogP contribution >= 0.6 is 23.2 Å². The number of pyridine rings is 1. The van der Waals surface area contributed by atoms with Crippen LogP contribution in [0.15, 0.2) is 54.7 Å². The van der Waals surface area contributed by atoms with Crippen molar-refractivity contribution >= 4 is 34.1 Å². The summed E-state index contributed by atoms with van der Waals surface area (Å²) in [6, 6.07) is 15.7. The van der Waals surface area contributed by atoms with E-state index in [0.717, 1.165) is 22.0 Å². The Balaban J connectivity index is 2.11. The van der Waals surface area contributed by atoms with Crippen molar-refractivity contribution in [2.24, 2.45) is 0 Å². The van der Waals surface area contributed by atoms with Crippen molar-refractivity contribution in [2.45, 2.75) is 6.04 Å². The topological polar surface area (TPSA) is 24.9 Å². The van der Waals surface area contributed by atoms with E-state index < -0.39 is 0 Å². The van der Waals surface area contributed by atoms with Crippen molar-refractivity contribution in [1.29, 1.82) is 0 Å². The van der Waals surface area contributed by atoms with Crippen LogP contribution < -0.4 is 5.32 Å². The van der Waals surface area contributed by atoms with E-state index in [0.29, 0.717) is 10.0 Å². The largest absolute Gasteiger partial charge is 0.309 e. The van der Waals surface area contributed by atoms with Gasteiger partial charge in [-0.2, -0.15) is 0 Å². The fraction of sp³-hybridized carbons (Fsp3) is 0.118. The molecule has 1 atom stereocenters. The standard InChI is InChI=1S/C17H14Cl2N2/c1-20-17(14-10-13(18)6-7-15(14)19)12-5-4-11-3-2-8-21-16(11)9-12/h2-10,17,20H,1H3.